The third-order valence-electron chi connectivity index (χ3n) is 0.793. The third-order valence-corrected chi connectivity index (χ3v) is 1.59. The molecule has 0 spiro atoms. The van der Waals surface area contributed by atoms with Crippen LogP contribution in [0.25, 0.3) is 0 Å². The maximum Gasteiger partial charge on any atom is 0.0259 e. The van der Waals surface area contributed by atoms with Crippen LogP contribution >= 0.6 is 15.9 Å². The van der Waals surface area contributed by atoms with Crippen molar-refractivity contribution in [1.29, 1.82) is 0 Å². The van der Waals surface area contributed by atoms with Crippen LogP contribution in [-0.2, 0) is 0 Å². The first-order valence-corrected chi connectivity index (χ1v) is 2.54. The Balaban J connectivity index is 2.38. The summed E-state index contributed by atoms with van der Waals surface area (Å²) in [5.41, 5.74) is 0. The molecular weight excluding hydrogens is 128 g/mol. The third kappa shape index (κ3) is 0.918. The Morgan fingerprint density at radius 2 is 1.80 bits per heavy atom. The molecule has 5 heavy (non-hydrogen) atoms. The average molecular weight is 134 g/mol. The van der Waals surface area contributed by atoms with Crippen molar-refractivity contribution in [2.45, 2.75) is 17.2 Å². The predicted octanol–water partition coefficient (Wildman–Crippen LogP) is 1.75. The smallest absolute Gasteiger partial charge is 0.0259 e. The van der Waals surface area contributed by atoms with E-state index in [1.54, 1.807) is 0 Å². The second-order valence-corrected chi connectivity index (χ2v) is 3.33. The Morgan fingerprint density at radius 1 is 1.60 bits per heavy atom. The highest BCUT2D eigenvalue weighted by molar-refractivity contribution is 9.10. The first kappa shape index (κ1) is 3.66. The van der Waals surface area contributed by atoms with Gasteiger partial charge in [0.2, 0.25) is 0 Å². The Kier molecular flexibility index (Phi) is 0.553. The van der Waals surface area contributed by atoms with Gasteiger partial charge in [-0.05, 0) is 19.8 Å². The monoisotopic (exact) mass is 133 g/mol. The van der Waals surface area contributed by atoms with Crippen LogP contribution in [0.1, 0.15) is 12.8 Å². The summed E-state index contributed by atoms with van der Waals surface area (Å²) < 4.78 is 0.312. The first-order valence-electron chi connectivity index (χ1n) is 1.75. The van der Waals surface area contributed by atoms with E-state index in [1.165, 1.54) is 12.8 Å². The minimum Gasteiger partial charge on any atom is -0.0853 e. The maximum absolute atomic E-state index is 3.80. The molecule has 0 bridgehead atoms. The number of hydrogen-bond donors (Lipinski definition) is 0. The van der Waals surface area contributed by atoms with E-state index in [1.807, 2.05) is 0 Å². The zero-order valence-electron chi connectivity index (χ0n) is 3.00. The summed E-state index contributed by atoms with van der Waals surface area (Å²) in [5.74, 6) is 0. The second kappa shape index (κ2) is 0.754. The minimum absolute atomic E-state index is 0.312. The molecule has 1 aliphatic rings. The van der Waals surface area contributed by atoms with Crippen LogP contribution in [0.2, 0.25) is 0 Å². The fourth-order valence-electron chi connectivity index (χ4n) is 0.136. The van der Waals surface area contributed by atoms with Gasteiger partial charge < -0.3 is 0 Å². The van der Waals surface area contributed by atoms with Gasteiger partial charge in [-0.1, -0.05) is 15.9 Å². The molecule has 0 nitrogen and oxygen atoms in total. The summed E-state index contributed by atoms with van der Waals surface area (Å²) in [5, 5.41) is 0. The van der Waals surface area contributed by atoms with Gasteiger partial charge in [0.15, 0.2) is 0 Å². The van der Waals surface area contributed by atoms with E-state index in [0.29, 0.717) is 4.32 Å². The quantitative estimate of drug-likeness (QED) is 0.442. The summed E-state index contributed by atoms with van der Waals surface area (Å²) in [7, 11) is 0. The summed E-state index contributed by atoms with van der Waals surface area (Å²) in [4.78, 5) is 0. The van der Waals surface area contributed by atoms with Gasteiger partial charge in [0.25, 0.3) is 0 Å². The number of halogens is 1. The fourth-order valence-corrected chi connectivity index (χ4v) is 0.334. The molecule has 0 saturated heterocycles. The summed E-state index contributed by atoms with van der Waals surface area (Å²) in [6.45, 7) is 3.80. The van der Waals surface area contributed by atoms with Crippen molar-refractivity contribution in [3.05, 3.63) is 6.92 Å². The molecule has 0 aromatic rings. The van der Waals surface area contributed by atoms with Crippen LogP contribution < -0.4 is 0 Å². The highest BCUT2D eigenvalue weighted by Gasteiger charge is 2.33. The van der Waals surface area contributed by atoms with E-state index in [-0.39, 0.29) is 0 Å². The lowest BCUT2D eigenvalue weighted by Crippen LogP contribution is -1.80. The summed E-state index contributed by atoms with van der Waals surface area (Å²) in [6, 6.07) is 0. The van der Waals surface area contributed by atoms with E-state index in [0.717, 1.165) is 0 Å². The van der Waals surface area contributed by atoms with Gasteiger partial charge in [-0.15, -0.1) is 0 Å². The fraction of sp³-hybridized carbons (Fsp3) is 0.750. The van der Waals surface area contributed by atoms with E-state index in [2.05, 4.69) is 22.9 Å². The van der Waals surface area contributed by atoms with Gasteiger partial charge in [0.1, 0.15) is 0 Å². The predicted molar refractivity (Wildman–Crippen MR) is 26.2 cm³/mol. The molecule has 0 aliphatic heterocycles. The van der Waals surface area contributed by atoms with Crippen molar-refractivity contribution < 1.29 is 0 Å². The van der Waals surface area contributed by atoms with E-state index in [9.17, 15) is 0 Å². The Hall–Kier alpha value is 0.480. The van der Waals surface area contributed by atoms with Crippen molar-refractivity contribution in [1.82, 2.24) is 0 Å². The van der Waals surface area contributed by atoms with Crippen LogP contribution in [0, 0.1) is 6.92 Å². The molecule has 1 rings (SSSR count). The molecule has 1 radical (unpaired) electrons. The Bertz CT molecular complexity index is 41.6. The Morgan fingerprint density at radius 3 is 1.80 bits per heavy atom. The molecular formula is C4H6Br. The van der Waals surface area contributed by atoms with Gasteiger partial charge in [0, 0.05) is 4.32 Å². The van der Waals surface area contributed by atoms with Crippen molar-refractivity contribution in [3.8, 4) is 0 Å². The molecule has 0 N–H and O–H groups in total. The lowest BCUT2D eigenvalue weighted by molar-refractivity contribution is 1.23. The number of alkyl halides is 1. The van der Waals surface area contributed by atoms with Gasteiger partial charge in [-0.3, -0.25) is 0 Å². The molecule has 0 atom stereocenters. The van der Waals surface area contributed by atoms with Gasteiger partial charge in [-0.25, -0.2) is 0 Å². The van der Waals surface area contributed by atoms with Gasteiger partial charge >= 0.3 is 0 Å². The van der Waals surface area contributed by atoms with Gasteiger partial charge in [0.05, 0.1) is 0 Å². The lowest BCUT2D eigenvalue weighted by atomic mass is 10.5. The zero-order chi connectivity index (χ0) is 3.91. The average Bonchev–Trinajstić information content (AvgIpc) is 1.76. The van der Waals surface area contributed by atoms with Crippen LogP contribution in [0.3, 0.4) is 0 Å². The van der Waals surface area contributed by atoms with Crippen molar-refractivity contribution >= 4 is 15.9 Å². The van der Waals surface area contributed by atoms with E-state index in [4.69, 9.17) is 0 Å². The van der Waals surface area contributed by atoms with Gasteiger partial charge in [-0.2, -0.15) is 0 Å². The van der Waals surface area contributed by atoms with Crippen molar-refractivity contribution in [3.63, 3.8) is 0 Å². The summed E-state index contributed by atoms with van der Waals surface area (Å²) in [6.07, 6.45) is 2.51. The Labute approximate surface area is 40.7 Å². The molecule has 0 heterocycles. The normalized spacial score (nSPS) is 30.0. The maximum atomic E-state index is 3.80. The van der Waals surface area contributed by atoms with Crippen LogP contribution in [0.4, 0.5) is 0 Å². The van der Waals surface area contributed by atoms with Crippen molar-refractivity contribution in [2.24, 2.45) is 0 Å². The van der Waals surface area contributed by atoms with Crippen LogP contribution in [0.15, 0.2) is 0 Å². The minimum atomic E-state index is 0.312. The first-order chi connectivity index (χ1) is 2.21. The molecule has 0 aromatic carbocycles. The molecule has 1 aliphatic carbocycles. The standard InChI is InChI=1S/C4H6Br/c1-4(5)2-3-4/h1-3H2. The number of rotatable bonds is 0. The second-order valence-electron chi connectivity index (χ2n) is 1.65. The van der Waals surface area contributed by atoms with Crippen LogP contribution in [0.5, 0.6) is 0 Å². The SMILES string of the molecule is [CH2]C1(Br)CC1. The molecule has 29 valence electrons. The van der Waals surface area contributed by atoms with E-state index < -0.39 is 0 Å². The van der Waals surface area contributed by atoms with E-state index >= 15 is 0 Å². The highest BCUT2D eigenvalue weighted by Crippen LogP contribution is 2.42. The molecule has 0 aromatic heterocycles. The largest absolute Gasteiger partial charge is 0.0853 e. The molecule has 0 unspecified atom stereocenters. The van der Waals surface area contributed by atoms with Crippen molar-refractivity contribution in [2.75, 3.05) is 0 Å². The summed E-state index contributed by atoms with van der Waals surface area (Å²) >= 11 is 3.38. The highest BCUT2D eigenvalue weighted by atomic mass is 79.9. The number of hydrogen-bond acceptors (Lipinski definition) is 0. The van der Waals surface area contributed by atoms with Crippen LogP contribution in [-0.4, -0.2) is 4.32 Å². The molecule has 1 saturated carbocycles. The molecule has 0 amide bonds. The topological polar surface area (TPSA) is 0 Å². The zero-order valence-corrected chi connectivity index (χ0v) is 4.59. The molecule has 1 heteroatoms. The lowest BCUT2D eigenvalue weighted by Gasteiger charge is -1.82. The molecule has 1 fully saturated rings.